The lowest BCUT2D eigenvalue weighted by molar-refractivity contribution is 0.0661. The third-order valence-corrected chi connectivity index (χ3v) is 4.18. The van der Waals surface area contributed by atoms with Crippen LogP contribution in [0, 0.1) is 5.92 Å². The zero-order valence-electron chi connectivity index (χ0n) is 11.6. The van der Waals surface area contributed by atoms with E-state index in [2.05, 4.69) is 43.0 Å². The number of β-amino-alcohol motifs (C(OH)–C–C–N with tert-alkyl or cyclic N) is 1. The molecule has 0 radical (unpaired) electrons. The van der Waals surface area contributed by atoms with E-state index in [4.69, 9.17) is 0 Å². The lowest BCUT2D eigenvalue weighted by Gasteiger charge is -2.26. The molecule has 18 heavy (non-hydrogen) atoms. The SMILES string of the molecule is CCC(C)C(O)CN1CCCc2ccccc2C1. The third-order valence-electron chi connectivity index (χ3n) is 4.18. The van der Waals surface area contributed by atoms with Crippen LogP contribution >= 0.6 is 0 Å². The Kier molecular flexibility index (Phi) is 4.79. The van der Waals surface area contributed by atoms with Crippen LogP contribution in [0.15, 0.2) is 24.3 Å². The predicted molar refractivity (Wildman–Crippen MR) is 75.5 cm³/mol. The second kappa shape index (κ2) is 6.35. The molecular formula is C16H25NO. The van der Waals surface area contributed by atoms with Gasteiger partial charge in [0, 0.05) is 13.1 Å². The highest BCUT2D eigenvalue weighted by Gasteiger charge is 2.19. The molecule has 1 aromatic carbocycles. The number of benzene rings is 1. The summed E-state index contributed by atoms with van der Waals surface area (Å²) in [7, 11) is 0. The Morgan fingerprint density at radius 3 is 2.72 bits per heavy atom. The fourth-order valence-corrected chi connectivity index (χ4v) is 2.64. The van der Waals surface area contributed by atoms with Gasteiger partial charge in [-0.25, -0.2) is 0 Å². The molecule has 0 fully saturated rings. The molecule has 0 saturated carbocycles. The van der Waals surface area contributed by atoms with Crippen LogP contribution in [0.3, 0.4) is 0 Å². The molecule has 2 heteroatoms. The van der Waals surface area contributed by atoms with Gasteiger partial charge in [0.25, 0.3) is 0 Å². The van der Waals surface area contributed by atoms with E-state index in [0.29, 0.717) is 5.92 Å². The van der Waals surface area contributed by atoms with Gasteiger partial charge in [0.05, 0.1) is 6.10 Å². The number of aliphatic hydroxyl groups is 1. The van der Waals surface area contributed by atoms with Gasteiger partial charge in [0.1, 0.15) is 0 Å². The summed E-state index contributed by atoms with van der Waals surface area (Å²) in [6.45, 7) is 7.18. The van der Waals surface area contributed by atoms with Gasteiger partial charge in [-0.2, -0.15) is 0 Å². The van der Waals surface area contributed by atoms with Crippen LogP contribution in [-0.2, 0) is 13.0 Å². The maximum Gasteiger partial charge on any atom is 0.0692 e. The number of hydrogen-bond donors (Lipinski definition) is 1. The van der Waals surface area contributed by atoms with Crippen molar-refractivity contribution >= 4 is 0 Å². The Bertz CT molecular complexity index is 377. The average Bonchev–Trinajstić information content (AvgIpc) is 2.59. The molecule has 100 valence electrons. The predicted octanol–water partition coefficient (Wildman–Crippen LogP) is 2.84. The van der Waals surface area contributed by atoms with Crippen LogP contribution in [0.5, 0.6) is 0 Å². The largest absolute Gasteiger partial charge is 0.392 e. The molecule has 0 aliphatic carbocycles. The molecule has 1 aliphatic rings. The number of fused-ring (bicyclic) bond motifs is 1. The van der Waals surface area contributed by atoms with Crippen molar-refractivity contribution in [2.45, 2.75) is 45.8 Å². The smallest absolute Gasteiger partial charge is 0.0692 e. The Morgan fingerprint density at radius 2 is 2.00 bits per heavy atom. The first-order valence-electron chi connectivity index (χ1n) is 7.18. The lowest BCUT2D eigenvalue weighted by Crippen LogP contribution is -2.35. The van der Waals surface area contributed by atoms with Crippen molar-refractivity contribution in [1.29, 1.82) is 0 Å². The maximum absolute atomic E-state index is 10.2. The zero-order valence-corrected chi connectivity index (χ0v) is 11.6. The molecule has 1 aromatic rings. The summed E-state index contributed by atoms with van der Waals surface area (Å²) in [5, 5.41) is 10.2. The van der Waals surface area contributed by atoms with E-state index in [0.717, 1.165) is 26.1 Å². The lowest BCUT2D eigenvalue weighted by atomic mass is 10.0. The van der Waals surface area contributed by atoms with Gasteiger partial charge in [0.15, 0.2) is 0 Å². The zero-order chi connectivity index (χ0) is 13.0. The molecule has 0 saturated heterocycles. The minimum atomic E-state index is -0.194. The van der Waals surface area contributed by atoms with E-state index in [9.17, 15) is 5.11 Å². The summed E-state index contributed by atoms with van der Waals surface area (Å²) in [5.41, 5.74) is 2.92. The highest BCUT2D eigenvalue weighted by molar-refractivity contribution is 5.28. The quantitative estimate of drug-likeness (QED) is 0.884. The van der Waals surface area contributed by atoms with E-state index < -0.39 is 0 Å². The Hall–Kier alpha value is -0.860. The van der Waals surface area contributed by atoms with Crippen molar-refractivity contribution in [2.75, 3.05) is 13.1 Å². The van der Waals surface area contributed by atoms with Crippen molar-refractivity contribution in [3.05, 3.63) is 35.4 Å². The summed E-state index contributed by atoms with van der Waals surface area (Å²) in [6.07, 6.45) is 3.22. The Balaban J connectivity index is 1.99. The van der Waals surface area contributed by atoms with Crippen LogP contribution in [0.25, 0.3) is 0 Å². The van der Waals surface area contributed by atoms with Crippen molar-refractivity contribution in [3.8, 4) is 0 Å². The molecule has 2 atom stereocenters. The molecule has 0 spiro atoms. The fourth-order valence-electron chi connectivity index (χ4n) is 2.64. The molecule has 1 aliphatic heterocycles. The monoisotopic (exact) mass is 247 g/mol. The minimum Gasteiger partial charge on any atom is -0.392 e. The van der Waals surface area contributed by atoms with E-state index in [1.807, 2.05) is 0 Å². The second-order valence-corrected chi connectivity index (χ2v) is 5.56. The van der Waals surface area contributed by atoms with Crippen LogP contribution in [-0.4, -0.2) is 29.2 Å². The van der Waals surface area contributed by atoms with E-state index >= 15 is 0 Å². The van der Waals surface area contributed by atoms with Crippen LogP contribution in [0.1, 0.15) is 37.8 Å². The normalized spacial score (nSPS) is 19.9. The Labute approximate surface area is 111 Å². The molecule has 2 unspecified atom stereocenters. The van der Waals surface area contributed by atoms with Gasteiger partial charge in [-0.05, 0) is 36.4 Å². The number of aliphatic hydroxyl groups excluding tert-OH is 1. The maximum atomic E-state index is 10.2. The van der Waals surface area contributed by atoms with E-state index in [1.165, 1.54) is 24.0 Å². The highest BCUT2D eigenvalue weighted by atomic mass is 16.3. The number of nitrogens with zero attached hydrogens (tertiary/aromatic N) is 1. The average molecular weight is 247 g/mol. The summed E-state index contributed by atoms with van der Waals surface area (Å²) >= 11 is 0. The molecular weight excluding hydrogens is 222 g/mol. The summed E-state index contributed by atoms with van der Waals surface area (Å²) < 4.78 is 0. The topological polar surface area (TPSA) is 23.5 Å². The van der Waals surface area contributed by atoms with Crippen molar-refractivity contribution in [1.82, 2.24) is 4.90 Å². The summed E-state index contributed by atoms with van der Waals surface area (Å²) in [4.78, 5) is 2.41. The number of rotatable bonds is 4. The molecule has 0 amide bonds. The highest BCUT2D eigenvalue weighted by Crippen LogP contribution is 2.19. The minimum absolute atomic E-state index is 0.194. The second-order valence-electron chi connectivity index (χ2n) is 5.56. The standard InChI is InChI=1S/C16H25NO/c1-3-13(2)16(18)12-17-10-6-9-14-7-4-5-8-15(14)11-17/h4-5,7-8,13,16,18H,3,6,9-12H2,1-2H3. The fraction of sp³-hybridized carbons (Fsp3) is 0.625. The van der Waals surface area contributed by atoms with Crippen LogP contribution in [0.2, 0.25) is 0 Å². The van der Waals surface area contributed by atoms with Crippen LogP contribution < -0.4 is 0 Å². The molecule has 0 bridgehead atoms. The first kappa shape index (κ1) is 13.6. The summed E-state index contributed by atoms with van der Waals surface area (Å²) in [6, 6.07) is 8.71. The summed E-state index contributed by atoms with van der Waals surface area (Å²) in [5.74, 6) is 0.392. The van der Waals surface area contributed by atoms with Gasteiger partial charge >= 0.3 is 0 Å². The van der Waals surface area contributed by atoms with E-state index in [1.54, 1.807) is 0 Å². The van der Waals surface area contributed by atoms with Gasteiger partial charge in [-0.15, -0.1) is 0 Å². The van der Waals surface area contributed by atoms with Gasteiger partial charge in [0.2, 0.25) is 0 Å². The van der Waals surface area contributed by atoms with Crippen molar-refractivity contribution < 1.29 is 5.11 Å². The molecule has 0 aromatic heterocycles. The van der Waals surface area contributed by atoms with Crippen molar-refractivity contribution in [2.24, 2.45) is 5.92 Å². The Morgan fingerprint density at radius 1 is 1.28 bits per heavy atom. The van der Waals surface area contributed by atoms with E-state index in [-0.39, 0.29) is 6.10 Å². The number of hydrogen-bond acceptors (Lipinski definition) is 2. The van der Waals surface area contributed by atoms with Gasteiger partial charge in [-0.3, -0.25) is 4.90 Å². The van der Waals surface area contributed by atoms with Crippen molar-refractivity contribution in [3.63, 3.8) is 0 Å². The van der Waals surface area contributed by atoms with Gasteiger partial charge < -0.3 is 5.11 Å². The first-order valence-corrected chi connectivity index (χ1v) is 7.18. The first-order chi connectivity index (χ1) is 8.70. The molecule has 2 rings (SSSR count). The van der Waals surface area contributed by atoms with Gasteiger partial charge in [-0.1, -0.05) is 44.5 Å². The molecule has 1 N–H and O–H groups in total. The van der Waals surface area contributed by atoms with Crippen LogP contribution in [0.4, 0.5) is 0 Å². The number of aryl methyl sites for hydroxylation is 1. The third kappa shape index (κ3) is 3.33. The molecule has 2 nitrogen and oxygen atoms in total. The molecule has 1 heterocycles.